The van der Waals surface area contributed by atoms with Crippen molar-refractivity contribution >= 4 is 46.7 Å². The molecule has 0 radical (unpaired) electrons. The lowest BCUT2D eigenvalue weighted by molar-refractivity contribution is 0.155. The highest BCUT2D eigenvalue weighted by atomic mass is 127. The highest BCUT2D eigenvalue weighted by Crippen LogP contribution is 2.22. The summed E-state index contributed by atoms with van der Waals surface area (Å²) in [6.45, 7) is 4.92. The van der Waals surface area contributed by atoms with Crippen molar-refractivity contribution in [2.45, 2.75) is 31.8 Å². The Bertz CT molecular complexity index is 836. The van der Waals surface area contributed by atoms with Gasteiger partial charge in [-0.05, 0) is 37.0 Å². The standard InChI is InChI=1S/C23H36N6O.HI/c1-24-23(26-19-10-13-29(14-11-19)12-7-15-30-4)25-17-18-16-22(28(2)3)27-21-9-6-5-8-20(18)21;/h5-6,8-9,16,19H,7,10-15,17H2,1-4H3,(H2,24,25,26);1H. The molecule has 1 aliphatic rings. The lowest BCUT2D eigenvalue weighted by Gasteiger charge is -2.33. The molecule has 172 valence electrons. The number of hydrogen-bond donors (Lipinski definition) is 2. The molecule has 1 aromatic heterocycles. The van der Waals surface area contributed by atoms with E-state index in [4.69, 9.17) is 9.72 Å². The number of halogens is 1. The van der Waals surface area contributed by atoms with Crippen LogP contribution in [0.3, 0.4) is 0 Å². The molecule has 2 heterocycles. The number of guanidine groups is 1. The molecule has 2 aromatic rings. The van der Waals surface area contributed by atoms with Crippen LogP contribution < -0.4 is 15.5 Å². The van der Waals surface area contributed by atoms with Gasteiger partial charge in [0.1, 0.15) is 5.82 Å². The number of ether oxygens (including phenoxy) is 1. The number of nitrogens with zero attached hydrogens (tertiary/aromatic N) is 4. The zero-order chi connectivity index (χ0) is 21.3. The number of aromatic nitrogens is 1. The van der Waals surface area contributed by atoms with Crippen LogP contribution in [0.15, 0.2) is 35.3 Å². The number of fused-ring (bicyclic) bond motifs is 1. The zero-order valence-electron chi connectivity index (χ0n) is 19.2. The first-order valence-corrected chi connectivity index (χ1v) is 10.8. The molecule has 0 amide bonds. The molecular weight excluding hydrogens is 503 g/mol. The number of pyridine rings is 1. The molecule has 8 heteroatoms. The fourth-order valence-corrected chi connectivity index (χ4v) is 3.91. The lowest BCUT2D eigenvalue weighted by Crippen LogP contribution is -2.48. The van der Waals surface area contributed by atoms with Gasteiger partial charge in [0.15, 0.2) is 5.96 Å². The van der Waals surface area contributed by atoms with Crippen molar-refractivity contribution in [3.8, 4) is 0 Å². The quantitative estimate of drug-likeness (QED) is 0.232. The average Bonchev–Trinajstić information content (AvgIpc) is 2.77. The molecular formula is C23H37IN6O. The first-order chi connectivity index (χ1) is 14.6. The van der Waals surface area contributed by atoms with Gasteiger partial charge in [0.2, 0.25) is 0 Å². The van der Waals surface area contributed by atoms with Gasteiger partial charge in [-0.15, -0.1) is 24.0 Å². The predicted molar refractivity (Wildman–Crippen MR) is 141 cm³/mol. The van der Waals surface area contributed by atoms with Crippen LogP contribution in [0, 0.1) is 0 Å². The molecule has 0 spiro atoms. The van der Waals surface area contributed by atoms with Crippen LogP contribution in [0.25, 0.3) is 10.9 Å². The number of piperidine rings is 1. The maximum absolute atomic E-state index is 5.16. The second kappa shape index (κ2) is 13.0. The molecule has 0 bridgehead atoms. The second-order valence-electron chi connectivity index (χ2n) is 8.08. The van der Waals surface area contributed by atoms with E-state index in [9.17, 15) is 0 Å². The third-order valence-corrected chi connectivity index (χ3v) is 5.67. The molecule has 31 heavy (non-hydrogen) atoms. The fraction of sp³-hybridized carbons (Fsp3) is 0.565. The Hall–Kier alpha value is -1.65. The van der Waals surface area contributed by atoms with Crippen LogP contribution in [0.2, 0.25) is 0 Å². The number of likely N-dealkylation sites (tertiary alicyclic amines) is 1. The van der Waals surface area contributed by atoms with E-state index in [1.165, 1.54) is 10.9 Å². The summed E-state index contributed by atoms with van der Waals surface area (Å²) < 4.78 is 5.16. The molecule has 2 N–H and O–H groups in total. The van der Waals surface area contributed by atoms with E-state index in [0.29, 0.717) is 12.6 Å². The van der Waals surface area contributed by atoms with Crippen molar-refractivity contribution in [3.63, 3.8) is 0 Å². The molecule has 0 atom stereocenters. The predicted octanol–water partition coefficient (Wildman–Crippen LogP) is 3.08. The lowest BCUT2D eigenvalue weighted by atomic mass is 10.1. The number of anilines is 1. The first kappa shape index (κ1) is 25.6. The van der Waals surface area contributed by atoms with Crippen molar-refractivity contribution < 1.29 is 4.74 Å². The molecule has 7 nitrogen and oxygen atoms in total. The summed E-state index contributed by atoms with van der Waals surface area (Å²) in [6, 6.07) is 10.9. The van der Waals surface area contributed by atoms with E-state index >= 15 is 0 Å². The summed E-state index contributed by atoms with van der Waals surface area (Å²) in [5.74, 6) is 1.83. The third kappa shape index (κ3) is 7.47. The Morgan fingerprint density at radius 2 is 2.00 bits per heavy atom. The van der Waals surface area contributed by atoms with Gasteiger partial charge in [-0.3, -0.25) is 4.99 Å². The Morgan fingerprint density at radius 1 is 1.26 bits per heavy atom. The maximum Gasteiger partial charge on any atom is 0.191 e. The van der Waals surface area contributed by atoms with Crippen LogP contribution >= 0.6 is 24.0 Å². The number of aliphatic imine (C=N–C) groups is 1. The highest BCUT2D eigenvalue weighted by molar-refractivity contribution is 14.0. The van der Waals surface area contributed by atoms with Crippen LogP contribution in [0.4, 0.5) is 5.82 Å². The summed E-state index contributed by atoms with van der Waals surface area (Å²) in [7, 11) is 7.66. The van der Waals surface area contributed by atoms with Crippen molar-refractivity contribution in [1.82, 2.24) is 20.5 Å². The van der Waals surface area contributed by atoms with Gasteiger partial charge in [-0.1, -0.05) is 18.2 Å². The number of hydrogen-bond acceptors (Lipinski definition) is 5. The van der Waals surface area contributed by atoms with Gasteiger partial charge in [0.05, 0.1) is 5.52 Å². The minimum absolute atomic E-state index is 0. The molecule has 1 aromatic carbocycles. The van der Waals surface area contributed by atoms with Gasteiger partial charge in [0, 0.05) is 72.5 Å². The maximum atomic E-state index is 5.16. The SMILES string of the molecule is CN=C(NCc1cc(N(C)C)nc2ccccc12)NC1CCN(CCCOC)CC1.I. The second-order valence-corrected chi connectivity index (χ2v) is 8.08. The van der Waals surface area contributed by atoms with E-state index in [-0.39, 0.29) is 24.0 Å². The Kier molecular flexibility index (Phi) is 10.8. The number of rotatable bonds is 8. The number of methoxy groups -OCH3 is 1. The summed E-state index contributed by atoms with van der Waals surface area (Å²) in [4.78, 5) is 13.8. The van der Waals surface area contributed by atoms with E-state index in [2.05, 4.69) is 44.8 Å². The molecule has 1 aliphatic heterocycles. The number of nitrogens with one attached hydrogen (secondary N) is 2. The van der Waals surface area contributed by atoms with Crippen LogP contribution in [0.5, 0.6) is 0 Å². The monoisotopic (exact) mass is 540 g/mol. The topological polar surface area (TPSA) is 65.0 Å². The minimum Gasteiger partial charge on any atom is -0.385 e. The Morgan fingerprint density at radius 3 is 2.68 bits per heavy atom. The molecule has 0 saturated carbocycles. The Balaban J connectivity index is 0.00000341. The number of benzene rings is 1. The van der Waals surface area contributed by atoms with Gasteiger partial charge in [-0.2, -0.15) is 0 Å². The van der Waals surface area contributed by atoms with Gasteiger partial charge in [-0.25, -0.2) is 4.98 Å². The number of para-hydroxylation sites is 1. The van der Waals surface area contributed by atoms with Crippen LogP contribution in [0.1, 0.15) is 24.8 Å². The third-order valence-electron chi connectivity index (χ3n) is 5.67. The summed E-state index contributed by atoms with van der Waals surface area (Å²) >= 11 is 0. The summed E-state index contributed by atoms with van der Waals surface area (Å²) in [5, 5.41) is 8.29. The Labute approximate surface area is 203 Å². The molecule has 1 fully saturated rings. The highest BCUT2D eigenvalue weighted by Gasteiger charge is 2.19. The van der Waals surface area contributed by atoms with E-state index in [1.807, 2.05) is 32.1 Å². The fourth-order valence-electron chi connectivity index (χ4n) is 3.91. The van der Waals surface area contributed by atoms with Crippen molar-refractivity contribution in [2.24, 2.45) is 4.99 Å². The van der Waals surface area contributed by atoms with E-state index in [0.717, 1.165) is 62.8 Å². The molecule has 1 saturated heterocycles. The molecule has 0 aliphatic carbocycles. The molecule has 3 rings (SSSR count). The molecule has 0 unspecified atom stereocenters. The largest absolute Gasteiger partial charge is 0.385 e. The van der Waals surface area contributed by atoms with Crippen LogP contribution in [-0.2, 0) is 11.3 Å². The minimum atomic E-state index is 0. The normalized spacial score (nSPS) is 15.5. The van der Waals surface area contributed by atoms with Gasteiger partial charge >= 0.3 is 0 Å². The first-order valence-electron chi connectivity index (χ1n) is 10.8. The smallest absolute Gasteiger partial charge is 0.191 e. The van der Waals surface area contributed by atoms with Gasteiger partial charge in [0.25, 0.3) is 0 Å². The van der Waals surface area contributed by atoms with Crippen molar-refractivity contribution in [3.05, 3.63) is 35.9 Å². The van der Waals surface area contributed by atoms with E-state index < -0.39 is 0 Å². The van der Waals surface area contributed by atoms with Crippen LogP contribution in [-0.4, -0.2) is 76.4 Å². The average molecular weight is 540 g/mol. The van der Waals surface area contributed by atoms with Crippen molar-refractivity contribution in [2.75, 3.05) is 59.4 Å². The van der Waals surface area contributed by atoms with E-state index in [1.54, 1.807) is 7.11 Å². The summed E-state index contributed by atoms with van der Waals surface area (Å²) in [5.41, 5.74) is 2.24. The zero-order valence-corrected chi connectivity index (χ0v) is 21.6. The van der Waals surface area contributed by atoms with Crippen molar-refractivity contribution in [1.29, 1.82) is 0 Å². The van der Waals surface area contributed by atoms with Gasteiger partial charge < -0.3 is 25.2 Å². The summed E-state index contributed by atoms with van der Waals surface area (Å²) in [6.07, 6.45) is 3.37.